The van der Waals surface area contributed by atoms with Crippen LogP contribution in [0.5, 0.6) is 0 Å². The first-order valence-corrected chi connectivity index (χ1v) is 5.39. The van der Waals surface area contributed by atoms with E-state index in [0.717, 1.165) is 0 Å². The topological polar surface area (TPSA) is 113 Å². The van der Waals surface area contributed by atoms with Crippen molar-refractivity contribution < 1.29 is 32.7 Å². The predicted molar refractivity (Wildman–Crippen MR) is 46.3 cm³/mol. The summed E-state index contributed by atoms with van der Waals surface area (Å²) in [4.78, 5) is 0. The minimum absolute atomic E-state index is 0.0760. The van der Waals surface area contributed by atoms with Crippen LogP contribution in [0.2, 0.25) is 0 Å². The van der Waals surface area contributed by atoms with E-state index in [-0.39, 0.29) is 26.4 Å². The van der Waals surface area contributed by atoms with Crippen molar-refractivity contribution in [3.05, 3.63) is 0 Å². The highest BCUT2D eigenvalue weighted by Crippen LogP contribution is 1.94. The van der Waals surface area contributed by atoms with Gasteiger partial charge in [0.2, 0.25) is 5.44 Å². The zero-order chi connectivity index (χ0) is 11.0. The van der Waals surface area contributed by atoms with Crippen molar-refractivity contribution in [3.63, 3.8) is 0 Å². The fraction of sp³-hybridized carbons (Fsp3) is 1.00. The maximum Gasteiger partial charge on any atom is 0.294 e. The minimum atomic E-state index is -4.45. The van der Waals surface area contributed by atoms with Gasteiger partial charge in [-0.1, -0.05) is 0 Å². The van der Waals surface area contributed by atoms with E-state index in [0.29, 0.717) is 0 Å². The molecule has 0 spiro atoms. The van der Waals surface area contributed by atoms with Gasteiger partial charge in [-0.15, -0.1) is 0 Å². The fourth-order valence-corrected chi connectivity index (χ4v) is 0.823. The zero-order valence-electron chi connectivity index (χ0n) is 7.50. The second-order valence-corrected chi connectivity index (χ2v) is 3.95. The Hall–Kier alpha value is -0.250. The number of hydrogen-bond acceptors (Lipinski definition) is 6. The van der Waals surface area contributed by atoms with E-state index in [1.54, 1.807) is 0 Å². The van der Waals surface area contributed by atoms with Crippen LogP contribution in [0.1, 0.15) is 0 Å². The van der Waals surface area contributed by atoms with Gasteiger partial charge in [0, 0.05) is 0 Å². The van der Waals surface area contributed by atoms with E-state index in [9.17, 15) is 8.42 Å². The van der Waals surface area contributed by atoms with Crippen molar-refractivity contribution in [2.45, 2.75) is 5.44 Å². The molecule has 1 unspecified atom stereocenters. The first-order chi connectivity index (χ1) is 6.48. The Morgan fingerprint density at radius 2 is 1.71 bits per heavy atom. The maximum absolute atomic E-state index is 10.3. The average molecular weight is 230 g/mol. The summed E-state index contributed by atoms with van der Waals surface area (Å²) in [5, 5.41) is 17.0. The smallest absolute Gasteiger partial charge is 0.294 e. The van der Waals surface area contributed by atoms with E-state index in [1.165, 1.54) is 0 Å². The molecule has 0 aliphatic heterocycles. The molecule has 0 rings (SSSR count). The Morgan fingerprint density at radius 3 is 2.21 bits per heavy atom. The third kappa shape index (κ3) is 7.18. The quantitative estimate of drug-likeness (QED) is 0.333. The summed E-state index contributed by atoms with van der Waals surface area (Å²) < 4.78 is 38.3. The maximum atomic E-state index is 10.3. The molecule has 0 radical (unpaired) electrons. The first-order valence-electron chi connectivity index (χ1n) is 3.89. The highest BCUT2D eigenvalue weighted by molar-refractivity contribution is 7.86. The lowest BCUT2D eigenvalue weighted by atomic mass is 10.7. The molecule has 0 aromatic heterocycles. The second kappa shape index (κ2) is 7.10. The van der Waals surface area contributed by atoms with Crippen LogP contribution in [0.4, 0.5) is 0 Å². The highest BCUT2D eigenvalue weighted by Gasteiger charge is 2.19. The lowest BCUT2D eigenvalue weighted by Gasteiger charge is -2.08. The Kier molecular flexibility index (Phi) is 6.97. The van der Waals surface area contributed by atoms with Crippen molar-refractivity contribution in [1.29, 1.82) is 0 Å². The first kappa shape index (κ1) is 13.8. The number of ether oxygens (including phenoxy) is 2. The summed E-state index contributed by atoms with van der Waals surface area (Å²) in [5.41, 5.74) is -1.93. The van der Waals surface area contributed by atoms with Gasteiger partial charge in [0.05, 0.1) is 33.0 Å². The third-order valence-corrected chi connectivity index (χ3v) is 2.04. The summed E-state index contributed by atoms with van der Waals surface area (Å²) >= 11 is 0. The van der Waals surface area contributed by atoms with Crippen molar-refractivity contribution in [2.24, 2.45) is 0 Å². The van der Waals surface area contributed by atoms with Gasteiger partial charge in [0.15, 0.2) is 0 Å². The van der Waals surface area contributed by atoms with Crippen LogP contribution in [-0.4, -0.2) is 61.7 Å². The third-order valence-electron chi connectivity index (χ3n) is 1.21. The minimum Gasteiger partial charge on any atom is -0.394 e. The zero-order valence-corrected chi connectivity index (χ0v) is 8.31. The molecule has 0 aliphatic carbocycles. The summed E-state index contributed by atoms with van der Waals surface area (Å²) in [7, 11) is -4.45. The lowest BCUT2D eigenvalue weighted by molar-refractivity contribution is 0.0138. The molecule has 0 aliphatic rings. The predicted octanol–water partition coefficient (Wildman–Crippen LogP) is -1.78. The van der Waals surface area contributed by atoms with Gasteiger partial charge in [0.25, 0.3) is 10.1 Å². The fourth-order valence-electron chi connectivity index (χ4n) is 0.555. The Balaban J connectivity index is 3.37. The van der Waals surface area contributed by atoms with E-state index in [2.05, 4.69) is 4.74 Å². The molecule has 0 aromatic rings. The van der Waals surface area contributed by atoms with Crippen LogP contribution in [0.15, 0.2) is 0 Å². The molecule has 0 fully saturated rings. The summed E-state index contributed by atoms with van der Waals surface area (Å²) in [6.45, 7) is -0.190. The van der Waals surface area contributed by atoms with E-state index >= 15 is 0 Å². The van der Waals surface area contributed by atoms with Crippen LogP contribution in [-0.2, 0) is 19.6 Å². The molecule has 0 saturated heterocycles. The van der Waals surface area contributed by atoms with Crippen LogP contribution in [0.25, 0.3) is 0 Å². The number of rotatable bonds is 8. The van der Waals surface area contributed by atoms with Gasteiger partial charge in [0.1, 0.15) is 0 Å². The molecule has 0 bridgehead atoms. The molecule has 0 saturated carbocycles. The molecular formula is C6H14O7S. The lowest BCUT2D eigenvalue weighted by Crippen LogP contribution is -2.26. The van der Waals surface area contributed by atoms with Gasteiger partial charge in [-0.05, 0) is 0 Å². The average Bonchev–Trinajstić information content (AvgIpc) is 2.09. The molecule has 0 amide bonds. The number of hydrogen-bond donors (Lipinski definition) is 3. The Labute approximate surface area is 82.0 Å². The van der Waals surface area contributed by atoms with Gasteiger partial charge in [-0.2, -0.15) is 8.42 Å². The summed E-state index contributed by atoms with van der Waals surface area (Å²) in [6.07, 6.45) is 0. The van der Waals surface area contributed by atoms with Crippen molar-refractivity contribution in [2.75, 3.05) is 33.0 Å². The SMILES string of the molecule is O=S(=O)(O)C(O)COCCOCCO. The Morgan fingerprint density at radius 1 is 1.14 bits per heavy atom. The van der Waals surface area contributed by atoms with Crippen molar-refractivity contribution in [1.82, 2.24) is 0 Å². The molecule has 14 heavy (non-hydrogen) atoms. The standard InChI is InChI=1S/C6H14O7S/c7-1-2-12-3-4-13-5-6(8)14(9,10)11/h6-8H,1-5H2,(H,9,10,11). The van der Waals surface area contributed by atoms with Gasteiger partial charge in [-0.25, -0.2) is 0 Å². The largest absolute Gasteiger partial charge is 0.394 e. The van der Waals surface area contributed by atoms with Crippen LogP contribution < -0.4 is 0 Å². The van der Waals surface area contributed by atoms with Crippen LogP contribution in [0, 0.1) is 0 Å². The van der Waals surface area contributed by atoms with Crippen LogP contribution in [0.3, 0.4) is 0 Å². The van der Waals surface area contributed by atoms with Crippen LogP contribution >= 0.6 is 0 Å². The molecule has 0 aromatic carbocycles. The van der Waals surface area contributed by atoms with E-state index in [1.807, 2.05) is 0 Å². The normalized spacial score (nSPS) is 14.2. The molecule has 86 valence electrons. The Bertz CT molecular complexity index is 224. The summed E-state index contributed by atoms with van der Waals surface area (Å²) in [5.74, 6) is 0. The molecule has 7 nitrogen and oxygen atoms in total. The summed E-state index contributed by atoms with van der Waals surface area (Å²) in [6, 6.07) is 0. The highest BCUT2D eigenvalue weighted by atomic mass is 32.2. The van der Waals surface area contributed by atoms with Crippen molar-refractivity contribution >= 4 is 10.1 Å². The molecule has 3 N–H and O–H groups in total. The van der Waals surface area contributed by atoms with Gasteiger partial charge >= 0.3 is 0 Å². The molecule has 8 heteroatoms. The molecular weight excluding hydrogens is 216 g/mol. The number of aliphatic hydroxyl groups is 2. The van der Waals surface area contributed by atoms with Gasteiger partial charge in [-0.3, -0.25) is 4.55 Å². The monoisotopic (exact) mass is 230 g/mol. The van der Waals surface area contributed by atoms with Gasteiger partial charge < -0.3 is 19.7 Å². The number of aliphatic hydroxyl groups excluding tert-OH is 2. The molecule has 1 atom stereocenters. The second-order valence-electron chi connectivity index (χ2n) is 2.38. The van der Waals surface area contributed by atoms with E-state index < -0.39 is 22.2 Å². The molecule has 0 heterocycles. The van der Waals surface area contributed by atoms with Crippen molar-refractivity contribution in [3.8, 4) is 0 Å². The van der Waals surface area contributed by atoms with E-state index in [4.69, 9.17) is 19.5 Å².